The largest absolute Gasteiger partial charge is 0.309 e. The summed E-state index contributed by atoms with van der Waals surface area (Å²) in [6.07, 6.45) is 1.63. The third kappa shape index (κ3) is 4.57. The van der Waals surface area contributed by atoms with Crippen LogP contribution < -0.4 is 5.43 Å². The Morgan fingerprint density at radius 2 is 1.12 bits per heavy atom. The van der Waals surface area contributed by atoms with Crippen LogP contribution in [-0.4, -0.2) is 16.7 Å². The number of hydrazone groups is 1. The zero-order valence-corrected chi connectivity index (χ0v) is 18.5. The van der Waals surface area contributed by atoms with Gasteiger partial charge in [0.2, 0.25) is 0 Å². The molecule has 1 heterocycles. The molecular formula is C30H23N3O. The lowest BCUT2D eigenvalue weighted by Gasteiger charge is -2.15. The van der Waals surface area contributed by atoms with Crippen molar-refractivity contribution in [1.29, 1.82) is 0 Å². The van der Waals surface area contributed by atoms with E-state index in [4.69, 9.17) is 0 Å². The number of nitrogens with zero attached hydrogens (tertiary/aromatic N) is 2. The summed E-state index contributed by atoms with van der Waals surface area (Å²) >= 11 is 0. The van der Waals surface area contributed by atoms with Crippen LogP contribution in [0.2, 0.25) is 0 Å². The van der Waals surface area contributed by atoms with Crippen LogP contribution in [0, 0.1) is 0 Å². The fourth-order valence-electron chi connectivity index (χ4n) is 3.91. The first-order chi connectivity index (χ1) is 16.8. The molecule has 5 rings (SSSR count). The highest BCUT2D eigenvalue weighted by molar-refractivity contribution is 5.95. The molecule has 4 nitrogen and oxygen atoms in total. The van der Waals surface area contributed by atoms with Crippen molar-refractivity contribution >= 4 is 12.1 Å². The monoisotopic (exact) mass is 441 g/mol. The van der Waals surface area contributed by atoms with Gasteiger partial charge in [-0.1, -0.05) is 91.0 Å². The number of amides is 1. The van der Waals surface area contributed by atoms with Crippen LogP contribution in [0.25, 0.3) is 28.2 Å². The number of carbonyl (C=O) groups is 1. The fraction of sp³-hybridized carbons (Fsp3) is 0. The van der Waals surface area contributed by atoms with E-state index < -0.39 is 0 Å². The maximum absolute atomic E-state index is 12.6. The molecule has 1 aromatic heterocycles. The van der Waals surface area contributed by atoms with E-state index in [2.05, 4.69) is 51.5 Å². The van der Waals surface area contributed by atoms with Gasteiger partial charge in [-0.25, -0.2) is 5.43 Å². The van der Waals surface area contributed by atoms with Gasteiger partial charge < -0.3 is 4.57 Å². The molecule has 4 heteroatoms. The highest BCUT2D eigenvalue weighted by Gasteiger charge is 2.14. The van der Waals surface area contributed by atoms with Gasteiger partial charge in [0.05, 0.1) is 17.6 Å². The van der Waals surface area contributed by atoms with Crippen LogP contribution in [0.3, 0.4) is 0 Å². The summed E-state index contributed by atoms with van der Waals surface area (Å²) in [4.78, 5) is 12.6. The van der Waals surface area contributed by atoms with Crippen LogP contribution in [0.15, 0.2) is 132 Å². The van der Waals surface area contributed by atoms with Gasteiger partial charge in [0.1, 0.15) is 0 Å². The molecule has 0 unspecified atom stereocenters. The topological polar surface area (TPSA) is 46.4 Å². The van der Waals surface area contributed by atoms with E-state index in [-0.39, 0.29) is 5.91 Å². The minimum atomic E-state index is -0.252. The molecule has 0 saturated carbocycles. The van der Waals surface area contributed by atoms with Crippen molar-refractivity contribution in [1.82, 2.24) is 9.99 Å². The Labute approximate surface area is 198 Å². The van der Waals surface area contributed by atoms with Crippen LogP contribution in [0.1, 0.15) is 15.9 Å². The van der Waals surface area contributed by atoms with Gasteiger partial charge in [-0.3, -0.25) is 4.79 Å². The highest BCUT2D eigenvalue weighted by atomic mass is 16.2. The zero-order chi connectivity index (χ0) is 23.2. The SMILES string of the molecule is O=C(N/N=C\c1ccccc1)c1ccc(-n2c(-c3ccccc3)ccc2-c2ccccc2)cc1. The quantitative estimate of drug-likeness (QED) is 0.235. The van der Waals surface area contributed by atoms with Crippen molar-refractivity contribution in [2.24, 2.45) is 5.10 Å². The van der Waals surface area contributed by atoms with E-state index in [0.717, 1.165) is 33.8 Å². The first-order valence-electron chi connectivity index (χ1n) is 11.1. The van der Waals surface area contributed by atoms with Gasteiger partial charge in [0.25, 0.3) is 5.91 Å². The standard InChI is InChI=1S/C30H23N3O/c34-30(32-31-22-23-10-4-1-5-11-23)26-16-18-27(19-17-26)33-28(24-12-6-2-7-13-24)20-21-29(33)25-14-8-3-9-15-25/h1-22H,(H,32,34)/b31-22-. The minimum Gasteiger partial charge on any atom is -0.309 e. The molecule has 4 aromatic carbocycles. The maximum Gasteiger partial charge on any atom is 0.271 e. The lowest BCUT2D eigenvalue weighted by molar-refractivity contribution is 0.0955. The summed E-state index contributed by atoms with van der Waals surface area (Å²) in [7, 11) is 0. The van der Waals surface area contributed by atoms with Crippen molar-refractivity contribution in [3.05, 3.63) is 139 Å². The Balaban J connectivity index is 1.45. The van der Waals surface area contributed by atoms with Crippen LogP contribution >= 0.6 is 0 Å². The summed E-state index contributed by atoms with van der Waals surface area (Å²) in [5.41, 5.74) is 9.47. The number of hydrogen-bond acceptors (Lipinski definition) is 2. The number of hydrogen-bond donors (Lipinski definition) is 1. The zero-order valence-electron chi connectivity index (χ0n) is 18.5. The number of rotatable bonds is 6. The molecule has 5 aromatic rings. The van der Waals surface area contributed by atoms with Gasteiger partial charge in [-0.05, 0) is 53.1 Å². The van der Waals surface area contributed by atoms with Gasteiger partial charge in [-0.15, -0.1) is 0 Å². The van der Waals surface area contributed by atoms with Gasteiger partial charge in [0.15, 0.2) is 0 Å². The van der Waals surface area contributed by atoms with E-state index in [1.807, 2.05) is 91.0 Å². The molecular weight excluding hydrogens is 418 g/mol. The summed E-state index contributed by atoms with van der Waals surface area (Å²) in [6, 6.07) is 42.1. The Bertz CT molecular complexity index is 1350. The average Bonchev–Trinajstić information content (AvgIpc) is 3.36. The molecule has 0 fully saturated rings. The molecule has 0 bridgehead atoms. The van der Waals surface area contributed by atoms with Crippen molar-refractivity contribution in [2.45, 2.75) is 0 Å². The molecule has 0 radical (unpaired) electrons. The maximum atomic E-state index is 12.6. The second kappa shape index (κ2) is 9.84. The number of carbonyl (C=O) groups excluding carboxylic acids is 1. The van der Waals surface area contributed by atoms with E-state index in [9.17, 15) is 4.79 Å². The summed E-state index contributed by atoms with van der Waals surface area (Å²) in [5, 5.41) is 4.07. The molecule has 0 atom stereocenters. The van der Waals surface area contributed by atoms with E-state index in [1.165, 1.54) is 0 Å². The van der Waals surface area contributed by atoms with Crippen molar-refractivity contribution < 1.29 is 4.79 Å². The molecule has 0 spiro atoms. The van der Waals surface area contributed by atoms with Crippen molar-refractivity contribution in [3.8, 4) is 28.2 Å². The predicted molar refractivity (Wildman–Crippen MR) is 138 cm³/mol. The smallest absolute Gasteiger partial charge is 0.271 e. The van der Waals surface area contributed by atoms with Crippen LogP contribution in [-0.2, 0) is 0 Å². The van der Waals surface area contributed by atoms with Crippen LogP contribution in [0.4, 0.5) is 0 Å². The summed E-state index contributed by atoms with van der Waals surface area (Å²) < 4.78 is 2.22. The van der Waals surface area contributed by atoms with E-state index >= 15 is 0 Å². The number of aromatic nitrogens is 1. The Morgan fingerprint density at radius 3 is 1.65 bits per heavy atom. The number of nitrogens with one attached hydrogen (secondary N) is 1. The predicted octanol–water partition coefficient (Wildman–Crippen LogP) is 6.58. The Kier molecular flexibility index (Phi) is 6.12. The third-order valence-electron chi connectivity index (χ3n) is 5.59. The fourth-order valence-corrected chi connectivity index (χ4v) is 3.91. The first-order valence-corrected chi connectivity index (χ1v) is 11.1. The van der Waals surface area contributed by atoms with Gasteiger partial charge >= 0.3 is 0 Å². The van der Waals surface area contributed by atoms with E-state index in [0.29, 0.717) is 5.56 Å². The van der Waals surface area contributed by atoms with Gasteiger partial charge in [0, 0.05) is 11.3 Å². The third-order valence-corrected chi connectivity index (χ3v) is 5.59. The molecule has 34 heavy (non-hydrogen) atoms. The second-order valence-corrected chi connectivity index (χ2v) is 7.83. The lowest BCUT2D eigenvalue weighted by Crippen LogP contribution is -2.17. The minimum absolute atomic E-state index is 0.252. The van der Waals surface area contributed by atoms with Crippen molar-refractivity contribution in [3.63, 3.8) is 0 Å². The molecule has 0 aliphatic carbocycles. The second-order valence-electron chi connectivity index (χ2n) is 7.83. The molecule has 0 aliphatic heterocycles. The summed E-state index contributed by atoms with van der Waals surface area (Å²) in [5.74, 6) is -0.252. The molecule has 0 aliphatic rings. The Hall–Kier alpha value is -4.70. The molecule has 1 amide bonds. The lowest BCUT2D eigenvalue weighted by atomic mass is 10.1. The summed E-state index contributed by atoms with van der Waals surface area (Å²) in [6.45, 7) is 0. The van der Waals surface area contributed by atoms with Crippen molar-refractivity contribution in [2.75, 3.05) is 0 Å². The molecule has 0 saturated heterocycles. The van der Waals surface area contributed by atoms with Crippen LogP contribution in [0.5, 0.6) is 0 Å². The normalized spacial score (nSPS) is 10.9. The van der Waals surface area contributed by atoms with Gasteiger partial charge in [-0.2, -0.15) is 5.10 Å². The average molecular weight is 442 g/mol. The first kappa shape index (κ1) is 21.2. The Morgan fingerprint density at radius 1 is 0.618 bits per heavy atom. The molecule has 164 valence electrons. The highest BCUT2D eigenvalue weighted by Crippen LogP contribution is 2.32. The number of benzene rings is 4. The molecule has 1 N–H and O–H groups in total. The van der Waals surface area contributed by atoms with E-state index in [1.54, 1.807) is 6.21 Å².